The van der Waals surface area contributed by atoms with Crippen LogP contribution in [0.3, 0.4) is 0 Å². The van der Waals surface area contributed by atoms with Crippen LogP contribution in [0.5, 0.6) is 5.75 Å². The molecule has 1 aliphatic heterocycles. The van der Waals surface area contributed by atoms with E-state index in [4.69, 9.17) is 9.47 Å². The summed E-state index contributed by atoms with van der Waals surface area (Å²) in [6, 6.07) is 8.46. The van der Waals surface area contributed by atoms with E-state index in [1.165, 1.54) is 31.4 Å². The van der Waals surface area contributed by atoms with E-state index in [0.29, 0.717) is 16.3 Å². The van der Waals surface area contributed by atoms with Gasteiger partial charge in [-0.1, -0.05) is 12.1 Å². The zero-order chi connectivity index (χ0) is 25.0. The lowest BCUT2D eigenvalue weighted by Crippen LogP contribution is -2.55. The van der Waals surface area contributed by atoms with E-state index in [2.05, 4.69) is 5.43 Å². The number of anilines is 1. The molecule has 0 aliphatic carbocycles. The summed E-state index contributed by atoms with van der Waals surface area (Å²) in [5.41, 5.74) is 2.34. The summed E-state index contributed by atoms with van der Waals surface area (Å²) in [5, 5.41) is 11.9. The number of benzene rings is 2. The van der Waals surface area contributed by atoms with Crippen molar-refractivity contribution in [1.29, 1.82) is 0 Å². The lowest BCUT2D eigenvalue weighted by molar-refractivity contribution is -0.384. The van der Waals surface area contributed by atoms with Gasteiger partial charge in [-0.3, -0.25) is 24.5 Å². The fourth-order valence-electron chi connectivity index (χ4n) is 3.45. The Morgan fingerprint density at radius 1 is 1.24 bits per heavy atom. The van der Waals surface area contributed by atoms with Crippen molar-refractivity contribution in [3.63, 3.8) is 0 Å². The van der Waals surface area contributed by atoms with Crippen molar-refractivity contribution in [2.24, 2.45) is 0 Å². The SMILES string of the molecule is CCOC(=O)NN(C(=O)c1cc([N+](=O)[O-])ccc1C)C1CC(=O)N(c2cccc(OC)c2)C1=O. The van der Waals surface area contributed by atoms with E-state index >= 15 is 0 Å². The molecule has 12 nitrogen and oxygen atoms in total. The molecule has 3 rings (SSSR count). The maximum absolute atomic E-state index is 13.4. The molecule has 1 aliphatic rings. The number of hydrazine groups is 1. The summed E-state index contributed by atoms with van der Waals surface area (Å²) in [5.74, 6) is -1.88. The summed E-state index contributed by atoms with van der Waals surface area (Å²) < 4.78 is 9.97. The topological polar surface area (TPSA) is 148 Å². The third kappa shape index (κ3) is 4.80. The molecule has 2 aromatic rings. The Bertz CT molecular complexity index is 1170. The predicted octanol–water partition coefficient (Wildman–Crippen LogP) is 2.35. The van der Waals surface area contributed by atoms with Gasteiger partial charge in [-0.05, 0) is 31.5 Å². The van der Waals surface area contributed by atoms with Gasteiger partial charge in [0.2, 0.25) is 5.91 Å². The zero-order valence-corrected chi connectivity index (χ0v) is 18.6. The number of imide groups is 1. The number of nitro groups is 1. The minimum atomic E-state index is -1.41. The fraction of sp³-hybridized carbons (Fsp3) is 0.273. The second-order valence-corrected chi connectivity index (χ2v) is 7.25. The van der Waals surface area contributed by atoms with Crippen molar-refractivity contribution in [3.8, 4) is 5.75 Å². The zero-order valence-electron chi connectivity index (χ0n) is 18.6. The number of nitrogens with zero attached hydrogens (tertiary/aromatic N) is 3. The maximum atomic E-state index is 13.4. The minimum Gasteiger partial charge on any atom is -0.497 e. The van der Waals surface area contributed by atoms with Crippen molar-refractivity contribution in [3.05, 3.63) is 63.7 Å². The van der Waals surface area contributed by atoms with Crippen LogP contribution < -0.4 is 15.1 Å². The molecule has 0 aromatic heterocycles. The lowest BCUT2D eigenvalue weighted by atomic mass is 10.1. The van der Waals surface area contributed by atoms with Gasteiger partial charge in [0.1, 0.15) is 11.8 Å². The van der Waals surface area contributed by atoms with Gasteiger partial charge in [-0.15, -0.1) is 0 Å². The number of amides is 4. The van der Waals surface area contributed by atoms with E-state index < -0.39 is 41.2 Å². The monoisotopic (exact) mass is 470 g/mol. The summed E-state index contributed by atoms with van der Waals surface area (Å²) in [7, 11) is 1.43. The largest absolute Gasteiger partial charge is 0.497 e. The third-order valence-corrected chi connectivity index (χ3v) is 5.11. The number of nitro benzene ring substituents is 1. The summed E-state index contributed by atoms with van der Waals surface area (Å²) >= 11 is 0. The normalized spacial score (nSPS) is 15.1. The number of rotatable bonds is 6. The quantitative estimate of drug-likeness (QED) is 0.384. The van der Waals surface area contributed by atoms with E-state index in [1.807, 2.05) is 0 Å². The van der Waals surface area contributed by atoms with E-state index in [9.17, 15) is 29.3 Å². The van der Waals surface area contributed by atoms with Gasteiger partial charge in [-0.25, -0.2) is 20.1 Å². The molecule has 0 radical (unpaired) electrons. The molecular formula is C22H22N4O8. The molecule has 1 fully saturated rings. The van der Waals surface area contributed by atoms with E-state index in [1.54, 1.807) is 26.0 Å². The predicted molar refractivity (Wildman–Crippen MR) is 118 cm³/mol. The number of ether oxygens (including phenoxy) is 2. The van der Waals surface area contributed by atoms with Crippen LogP contribution in [0.2, 0.25) is 0 Å². The van der Waals surface area contributed by atoms with Crippen LogP contribution >= 0.6 is 0 Å². The molecule has 0 spiro atoms. The molecule has 12 heteroatoms. The first-order chi connectivity index (χ1) is 16.2. The molecule has 34 heavy (non-hydrogen) atoms. The Kier molecular flexibility index (Phi) is 7.09. The maximum Gasteiger partial charge on any atom is 0.426 e. The molecule has 1 unspecified atom stereocenters. The molecule has 1 atom stereocenters. The Hall–Kier alpha value is -4.48. The number of nitrogens with one attached hydrogen (secondary N) is 1. The number of hydrogen-bond acceptors (Lipinski definition) is 8. The molecule has 1 saturated heterocycles. The first kappa shape index (κ1) is 24.2. The molecule has 4 amide bonds. The van der Waals surface area contributed by atoms with Crippen molar-refractivity contribution in [2.45, 2.75) is 26.3 Å². The number of aryl methyl sites for hydroxylation is 1. The average Bonchev–Trinajstić information content (AvgIpc) is 3.10. The van der Waals surface area contributed by atoms with Gasteiger partial charge < -0.3 is 9.47 Å². The molecule has 1 N–H and O–H groups in total. The average molecular weight is 470 g/mol. The smallest absolute Gasteiger partial charge is 0.426 e. The van der Waals surface area contributed by atoms with Crippen LogP contribution in [-0.4, -0.2) is 53.5 Å². The van der Waals surface area contributed by atoms with Crippen molar-refractivity contribution < 1.29 is 33.6 Å². The summed E-state index contributed by atoms with van der Waals surface area (Å²) in [6.45, 7) is 3.08. The lowest BCUT2D eigenvalue weighted by Gasteiger charge is -2.28. The number of hydrogen-bond donors (Lipinski definition) is 1. The molecule has 0 bridgehead atoms. The highest BCUT2D eigenvalue weighted by Crippen LogP contribution is 2.29. The molecular weight excluding hydrogens is 448 g/mol. The number of methoxy groups -OCH3 is 1. The van der Waals surface area contributed by atoms with E-state index in [0.717, 1.165) is 11.0 Å². The first-order valence-corrected chi connectivity index (χ1v) is 10.2. The number of non-ortho nitro benzene ring substituents is 1. The second-order valence-electron chi connectivity index (χ2n) is 7.25. The van der Waals surface area contributed by atoms with Gasteiger partial charge >= 0.3 is 6.09 Å². The highest BCUT2D eigenvalue weighted by Gasteiger charge is 2.46. The molecule has 178 valence electrons. The molecule has 1 heterocycles. The molecule has 0 saturated carbocycles. The Balaban J connectivity index is 2.01. The van der Waals surface area contributed by atoms with Gasteiger partial charge in [-0.2, -0.15) is 0 Å². The first-order valence-electron chi connectivity index (χ1n) is 10.2. The Morgan fingerprint density at radius 2 is 1.97 bits per heavy atom. The molecule has 2 aromatic carbocycles. The van der Waals surface area contributed by atoms with Gasteiger partial charge in [0.15, 0.2) is 0 Å². The minimum absolute atomic E-state index is 0.0167. The standard InChI is InChI=1S/C22H22N4O8/c1-4-34-22(30)23-25(20(28)17-11-15(26(31)32)9-8-13(17)2)18-12-19(27)24(21(18)29)14-6-5-7-16(10-14)33-3/h5-11,18H,4,12H2,1-3H3,(H,23,30). The highest BCUT2D eigenvalue weighted by atomic mass is 16.6. The van der Waals surface area contributed by atoms with Crippen LogP contribution in [0, 0.1) is 17.0 Å². The Morgan fingerprint density at radius 3 is 2.62 bits per heavy atom. The third-order valence-electron chi connectivity index (χ3n) is 5.11. The van der Waals surface area contributed by atoms with Crippen molar-refractivity contribution in [1.82, 2.24) is 10.4 Å². The number of carbonyl (C=O) groups excluding carboxylic acids is 4. The van der Waals surface area contributed by atoms with Gasteiger partial charge in [0, 0.05) is 18.2 Å². The summed E-state index contributed by atoms with van der Waals surface area (Å²) in [6.07, 6.45) is -1.46. The van der Waals surface area contributed by atoms with Crippen LogP contribution in [-0.2, 0) is 14.3 Å². The van der Waals surface area contributed by atoms with Crippen LogP contribution in [0.25, 0.3) is 0 Å². The number of carbonyl (C=O) groups is 4. The highest BCUT2D eigenvalue weighted by molar-refractivity contribution is 6.23. The van der Waals surface area contributed by atoms with Crippen LogP contribution in [0.4, 0.5) is 16.2 Å². The second kappa shape index (κ2) is 9.98. The fourth-order valence-corrected chi connectivity index (χ4v) is 3.45. The summed E-state index contributed by atoms with van der Waals surface area (Å²) in [4.78, 5) is 63.0. The van der Waals surface area contributed by atoms with Gasteiger partial charge in [0.25, 0.3) is 17.5 Å². The Labute approximate surface area is 194 Å². The van der Waals surface area contributed by atoms with Gasteiger partial charge in [0.05, 0.1) is 36.3 Å². The van der Waals surface area contributed by atoms with Crippen LogP contribution in [0.15, 0.2) is 42.5 Å². The van der Waals surface area contributed by atoms with Crippen molar-refractivity contribution >= 4 is 35.2 Å². The van der Waals surface area contributed by atoms with Crippen molar-refractivity contribution in [2.75, 3.05) is 18.6 Å². The van der Waals surface area contributed by atoms with Crippen LogP contribution in [0.1, 0.15) is 29.3 Å². The van der Waals surface area contributed by atoms with E-state index in [-0.39, 0.29) is 23.5 Å².